The number of rotatable bonds is 24. The minimum Gasteiger partial charge on any atom is -0.490 e. The van der Waals surface area contributed by atoms with Crippen LogP contribution in [0.2, 0.25) is 5.02 Å². The largest absolute Gasteiger partial charge is 0.490 e. The number of carbonyl (C=O) groups is 4. The molecule has 3 N–H and O–H groups in total. The summed E-state index contributed by atoms with van der Waals surface area (Å²) in [5.41, 5.74) is 7.50. The van der Waals surface area contributed by atoms with Crippen LogP contribution in [-0.2, 0) is 39.1 Å². The third kappa shape index (κ3) is 19.2. The molecule has 16 nitrogen and oxygen atoms in total. The molecular weight excluding hydrogens is 900 g/mol. The molecule has 2 aromatic carbocycles. The number of hydrogen-bond donors (Lipinski definition) is 2. The quantitative estimate of drug-likeness (QED) is 0.0219. The highest BCUT2D eigenvalue weighted by Gasteiger charge is 2.23. The van der Waals surface area contributed by atoms with Crippen LogP contribution in [0.25, 0.3) is 27.4 Å². The van der Waals surface area contributed by atoms with Gasteiger partial charge in [0.25, 0.3) is 0 Å². The van der Waals surface area contributed by atoms with Crippen molar-refractivity contribution in [3.63, 3.8) is 0 Å². The number of nitrogen functional groups attached to an aromatic ring is 1. The van der Waals surface area contributed by atoms with Crippen molar-refractivity contribution < 1.29 is 47.3 Å². The number of aromatic nitrogens is 2. The maximum atomic E-state index is 13.0. The van der Waals surface area contributed by atoms with Crippen LogP contribution in [-0.4, -0.2) is 71.0 Å². The second-order valence-electron chi connectivity index (χ2n) is 17.4. The van der Waals surface area contributed by atoms with Crippen molar-refractivity contribution in [1.29, 1.82) is 5.26 Å². The molecule has 0 aliphatic heterocycles. The fourth-order valence-corrected chi connectivity index (χ4v) is 7.30. The van der Waals surface area contributed by atoms with Gasteiger partial charge in [-0.25, -0.2) is 19.6 Å². The molecule has 4 rings (SSSR count). The smallest absolute Gasteiger partial charge is 0.407 e. The number of pyridine rings is 1. The summed E-state index contributed by atoms with van der Waals surface area (Å²) in [6, 6.07) is 15.9. The summed E-state index contributed by atoms with van der Waals surface area (Å²) in [5.74, 6) is -0.172. The number of oxazole rings is 1. The van der Waals surface area contributed by atoms with E-state index in [4.69, 9.17) is 52.0 Å². The molecule has 1 amide bonds. The molecule has 0 radical (unpaired) electrons. The fourth-order valence-electron chi connectivity index (χ4n) is 6.30. The Hall–Kier alpha value is -6.30. The lowest BCUT2D eigenvalue weighted by Gasteiger charge is -2.20. The van der Waals surface area contributed by atoms with Gasteiger partial charge in [-0.3, -0.25) is 14.4 Å². The van der Waals surface area contributed by atoms with Crippen LogP contribution in [0.4, 0.5) is 16.3 Å². The lowest BCUT2D eigenvalue weighted by Crippen LogP contribution is -2.33. The van der Waals surface area contributed by atoms with Crippen molar-refractivity contribution in [2.45, 2.75) is 134 Å². The number of hydrogen-bond acceptors (Lipinski definition) is 15. The van der Waals surface area contributed by atoms with Gasteiger partial charge in [0.2, 0.25) is 11.6 Å². The SMILES string of the molecule is [C-]#[N+]c1c(N)nc(SCc2coc(-c3ccc(Cl)cc3)n2)c(C#N)c1-c1ccc(OC[C@@H](COC(=O)CCCCCCC(=O)OC(C)(C)C)OC(=O)CCCCCNC(=O)OC(C)(C)C)cc1. The zero-order valence-electron chi connectivity index (χ0n) is 38.9. The summed E-state index contributed by atoms with van der Waals surface area (Å²) in [6.07, 6.45) is 5.07. The minimum atomic E-state index is -0.940. The summed E-state index contributed by atoms with van der Waals surface area (Å²) in [4.78, 5) is 62.1. The van der Waals surface area contributed by atoms with E-state index in [0.29, 0.717) is 89.3 Å². The average molecular weight is 960 g/mol. The Morgan fingerprint density at radius 2 is 1.45 bits per heavy atom. The molecule has 4 aromatic rings. The van der Waals surface area contributed by atoms with Crippen LogP contribution < -0.4 is 15.8 Å². The van der Waals surface area contributed by atoms with E-state index in [9.17, 15) is 24.4 Å². The van der Waals surface area contributed by atoms with E-state index < -0.39 is 35.3 Å². The third-order valence-electron chi connectivity index (χ3n) is 9.35. The number of nitrogens with one attached hydrogen (secondary N) is 1. The summed E-state index contributed by atoms with van der Waals surface area (Å²) >= 11 is 7.24. The zero-order valence-corrected chi connectivity index (χ0v) is 40.5. The van der Waals surface area contributed by atoms with E-state index in [1.165, 1.54) is 18.0 Å². The number of halogens is 1. The summed E-state index contributed by atoms with van der Waals surface area (Å²) < 4.78 is 33.5. The first-order valence-electron chi connectivity index (χ1n) is 22.0. The van der Waals surface area contributed by atoms with Crippen molar-refractivity contribution >= 4 is 58.9 Å². The highest BCUT2D eigenvalue weighted by molar-refractivity contribution is 7.98. The Morgan fingerprint density at radius 3 is 2.07 bits per heavy atom. The van der Waals surface area contributed by atoms with Crippen molar-refractivity contribution in [3.05, 3.63) is 82.5 Å². The molecule has 0 unspecified atom stereocenters. The van der Waals surface area contributed by atoms with E-state index in [-0.39, 0.29) is 49.1 Å². The fraction of sp³-hybridized carbons (Fsp3) is 0.469. The second-order valence-corrected chi connectivity index (χ2v) is 18.8. The maximum Gasteiger partial charge on any atom is 0.407 e. The molecule has 0 saturated carbocycles. The van der Waals surface area contributed by atoms with E-state index >= 15 is 0 Å². The molecule has 0 spiro atoms. The molecule has 18 heteroatoms. The van der Waals surface area contributed by atoms with Crippen LogP contribution in [0.5, 0.6) is 5.75 Å². The number of anilines is 1. The molecule has 2 heterocycles. The first kappa shape index (κ1) is 53.3. The van der Waals surface area contributed by atoms with Gasteiger partial charge in [-0.1, -0.05) is 54.8 Å². The van der Waals surface area contributed by atoms with Crippen molar-refractivity contribution in [3.8, 4) is 34.4 Å². The summed E-state index contributed by atoms with van der Waals surface area (Å²) in [7, 11) is 0. The Balaban J connectivity index is 1.37. The Kier molecular flexibility index (Phi) is 20.8. The molecule has 358 valence electrons. The Morgan fingerprint density at radius 1 is 0.836 bits per heavy atom. The lowest BCUT2D eigenvalue weighted by molar-refractivity contribution is -0.161. The summed E-state index contributed by atoms with van der Waals surface area (Å²) in [6.45, 7) is 18.7. The number of benzene rings is 2. The van der Waals surface area contributed by atoms with Gasteiger partial charge in [0.15, 0.2) is 6.10 Å². The number of esters is 3. The molecule has 0 saturated heterocycles. The number of alkyl carbamates (subject to hydrolysis) is 1. The number of nitrogens with zero attached hydrogens (tertiary/aromatic N) is 4. The van der Waals surface area contributed by atoms with Gasteiger partial charge in [-0.2, -0.15) is 5.26 Å². The molecular formula is C49H59ClN6O10S. The number of thioether (sulfide) groups is 1. The monoisotopic (exact) mass is 958 g/mol. The van der Waals surface area contributed by atoms with Crippen LogP contribution in [0.1, 0.15) is 117 Å². The number of nitriles is 1. The van der Waals surface area contributed by atoms with Crippen molar-refractivity contribution in [2.75, 3.05) is 25.5 Å². The van der Waals surface area contributed by atoms with Crippen LogP contribution >= 0.6 is 23.4 Å². The van der Waals surface area contributed by atoms with Crippen LogP contribution in [0, 0.1) is 17.9 Å². The van der Waals surface area contributed by atoms with Crippen molar-refractivity contribution in [1.82, 2.24) is 15.3 Å². The van der Waals surface area contributed by atoms with Gasteiger partial charge < -0.3 is 39.2 Å². The molecule has 0 aliphatic carbocycles. The zero-order chi connectivity index (χ0) is 49.0. The number of ether oxygens (including phenoxy) is 5. The average Bonchev–Trinajstić information content (AvgIpc) is 3.74. The number of amides is 1. The minimum absolute atomic E-state index is 0.0231. The van der Waals surface area contributed by atoms with E-state index in [1.807, 2.05) is 20.8 Å². The van der Waals surface area contributed by atoms with Crippen molar-refractivity contribution in [2.24, 2.45) is 0 Å². The van der Waals surface area contributed by atoms with E-state index in [2.05, 4.69) is 26.2 Å². The Labute approximate surface area is 401 Å². The molecule has 1 atom stereocenters. The predicted octanol–water partition coefficient (Wildman–Crippen LogP) is 11.0. The topological polar surface area (TPSA) is 220 Å². The third-order valence-corrected chi connectivity index (χ3v) is 10.6. The normalized spacial score (nSPS) is 11.7. The maximum absolute atomic E-state index is 13.0. The Bertz CT molecular complexity index is 2360. The first-order valence-corrected chi connectivity index (χ1v) is 23.4. The summed E-state index contributed by atoms with van der Waals surface area (Å²) in [5, 5.41) is 13.9. The van der Waals surface area contributed by atoms with Crippen LogP contribution in [0.15, 0.2) is 64.2 Å². The molecule has 67 heavy (non-hydrogen) atoms. The van der Waals surface area contributed by atoms with Crippen LogP contribution in [0.3, 0.4) is 0 Å². The van der Waals surface area contributed by atoms with Gasteiger partial charge in [0.05, 0.1) is 17.8 Å². The van der Waals surface area contributed by atoms with Gasteiger partial charge in [-0.15, -0.1) is 0 Å². The molecule has 0 bridgehead atoms. The number of carbonyl (C=O) groups excluding carboxylic acids is 4. The van der Waals surface area contributed by atoms with Gasteiger partial charge >= 0.3 is 24.0 Å². The van der Waals surface area contributed by atoms with Gasteiger partial charge in [0.1, 0.15) is 53.3 Å². The van der Waals surface area contributed by atoms with Gasteiger partial charge in [-0.05, 0) is 109 Å². The highest BCUT2D eigenvalue weighted by atomic mass is 35.5. The lowest BCUT2D eigenvalue weighted by atomic mass is 10.00. The highest BCUT2D eigenvalue weighted by Crippen LogP contribution is 2.42. The van der Waals surface area contributed by atoms with E-state index in [1.54, 1.807) is 69.3 Å². The molecule has 0 aliphatic rings. The number of unbranched alkanes of at least 4 members (excludes halogenated alkanes) is 5. The predicted molar refractivity (Wildman–Crippen MR) is 254 cm³/mol. The number of nitrogens with two attached hydrogens (primary N) is 1. The van der Waals surface area contributed by atoms with E-state index in [0.717, 1.165) is 18.4 Å². The standard InChI is InChI=1S/C49H59ClN6O10S/c1-48(2,3)65-41(59)17-12-9-8-11-15-39(57)62-30-37(64-40(58)16-13-10-14-26-54-47(60)66-49(4,5)6)29-61-36-24-20-32(21-25-36)42-38(27-51)46(56-44(52)43(42)53-7)67-31-35-28-63-45(55-35)33-18-22-34(50)23-19-33/h18-25,28,37H,8-17,26,29-31H2,1-6H3,(H2,52,56)(H,54,60)/t37-/m0/s1. The molecule has 2 aromatic heterocycles. The van der Waals surface area contributed by atoms with Gasteiger partial charge in [0, 0.05) is 47.7 Å². The first-order chi connectivity index (χ1) is 31.8. The second kappa shape index (κ2) is 26.1. The molecule has 0 fully saturated rings.